The van der Waals surface area contributed by atoms with Crippen LogP contribution in [-0.4, -0.2) is 13.2 Å². The van der Waals surface area contributed by atoms with Crippen LogP contribution in [0.3, 0.4) is 0 Å². The number of nitrogens with two attached hydrogens (primary N) is 1. The van der Waals surface area contributed by atoms with Crippen LogP contribution in [0.2, 0.25) is 0 Å². The third-order valence-corrected chi connectivity index (χ3v) is 2.88. The van der Waals surface area contributed by atoms with Crippen LogP contribution in [0.25, 0.3) is 0 Å². The Bertz CT molecular complexity index is 322. The summed E-state index contributed by atoms with van der Waals surface area (Å²) < 4.78 is 18.9. The summed E-state index contributed by atoms with van der Waals surface area (Å²) in [6, 6.07) is 4.62. The quantitative estimate of drug-likeness (QED) is 0.640. The third-order valence-electron chi connectivity index (χ3n) is 2.05. The number of hydrogen-bond acceptors (Lipinski definition) is 3. The van der Waals surface area contributed by atoms with Crippen molar-refractivity contribution in [1.82, 2.24) is 5.43 Å². The molecule has 5 heteroatoms. The number of hydrazine groups is 1. The summed E-state index contributed by atoms with van der Waals surface area (Å²) in [4.78, 5) is 0. The number of nitrogens with one attached hydrogen (secondary N) is 1. The van der Waals surface area contributed by atoms with Crippen molar-refractivity contribution >= 4 is 15.9 Å². The van der Waals surface area contributed by atoms with E-state index in [-0.39, 0.29) is 11.9 Å². The average Bonchev–Trinajstić information content (AvgIpc) is 2.25. The fraction of sp³-hybridized carbons (Fsp3) is 0.400. The molecule has 15 heavy (non-hydrogen) atoms. The normalized spacial score (nSPS) is 12.8. The fourth-order valence-corrected chi connectivity index (χ4v) is 1.79. The molecule has 0 saturated carbocycles. The molecule has 84 valence electrons. The summed E-state index contributed by atoms with van der Waals surface area (Å²) in [5.41, 5.74) is 3.36. The smallest absolute Gasteiger partial charge is 0.137 e. The lowest BCUT2D eigenvalue weighted by molar-refractivity contribution is 0.123. The van der Waals surface area contributed by atoms with Gasteiger partial charge in [-0.05, 0) is 34.5 Å². The third kappa shape index (κ3) is 3.24. The minimum atomic E-state index is -0.302. The van der Waals surface area contributed by atoms with E-state index >= 15 is 0 Å². The van der Waals surface area contributed by atoms with Gasteiger partial charge in [-0.2, -0.15) is 0 Å². The molecule has 0 bridgehead atoms. The Morgan fingerprint density at radius 1 is 1.60 bits per heavy atom. The van der Waals surface area contributed by atoms with E-state index in [2.05, 4.69) is 21.4 Å². The molecule has 1 aromatic carbocycles. The standard InChI is InChI=1S/C10H14BrFN2O/c1-2-15-6-9(14-13)7-4-3-5-8(12)10(7)11/h3-5,9,14H,2,6,13H2,1H3. The number of halogens is 2. The first-order chi connectivity index (χ1) is 7.20. The molecule has 1 rings (SSSR count). The summed E-state index contributed by atoms with van der Waals surface area (Å²) in [5, 5.41) is 0. The van der Waals surface area contributed by atoms with Crippen molar-refractivity contribution < 1.29 is 9.13 Å². The van der Waals surface area contributed by atoms with Gasteiger partial charge < -0.3 is 4.74 Å². The van der Waals surface area contributed by atoms with E-state index in [0.29, 0.717) is 17.7 Å². The Morgan fingerprint density at radius 3 is 2.93 bits per heavy atom. The van der Waals surface area contributed by atoms with Gasteiger partial charge in [0.1, 0.15) is 5.82 Å². The molecule has 0 aromatic heterocycles. The molecule has 0 aliphatic rings. The van der Waals surface area contributed by atoms with Gasteiger partial charge in [0, 0.05) is 6.61 Å². The first kappa shape index (κ1) is 12.6. The van der Waals surface area contributed by atoms with Crippen LogP contribution >= 0.6 is 15.9 Å². The molecule has 1 aromatic rings. The Kier molecular flexibility index (Phi) is 5.17. The Morgan fingerprint density at radius 2 is 2.33 bits per heavy atom. The van der Waals surface area contributed by atoms with Crippen molar-refractivity contribution in [3.05, 3.63) is 34.1 Å². The van der Waals surface area contributed by atoms with Crippen molar-refractivity contribution in [2.24, 2.45) is 5.84 Å². The van der Waals surface area contributed by atoms with Crippen LogP contribution in [0.1, 0.15) is 18.5 Å². The van der Waals surface area contributed by atoms with E-state index in [1.54, 1.807) is 12.1 Å². The predicted molar refractivity (Wildman–Crippen MR) is 60.7 cm³/mol. The molecule has 1 unspecified atom stereocenters. The van der Waals surface area contributed by atoms with Crippen LogP contribution in [0.15, 0.2) is 22.7 Å². The molecular weight excluding hydrogens is 263 g/mol. The van der Waals surface area contributed by atoms with Crippen LogP contribution in [0.5, 0.6) is 0 Å². The summed E-state index contributed by atoms with van der Waals surface area (Å²) in [6.07, 6.45) is 0. The molecule has 0 radical (unpaired) electrons. The van der Waals surface area contributed by atoms with Crippen molar-refractivity contribution in [2.75, 3.05) is 13.2 Å². The largest absolute Gasteiger partial charge is 0.380 e. The van der Waals surface area contributed by atoms with E-state index in [1.807, 2.05) is 6.92 Å². The highest BCUT2D eigenvalue weighted by Crippen LogP contribution is 2.25. The highest BCUT2D eigenvalue weighted by Gasteiger charge is 2.15. The van der Waals surface area contributed by atoms with Gasteiger partial charge in [0.25, 0.3) is 0 Å². The number of ether oxygens (including phenoxy) is 1. The highest BCUT2D eigenvalue weighted by atomic mass is 79.9. The van der Waals surface area contributed by atoms with E-state index in [0.717, 1.165) is 5.56 Å². The van der Waals surface area contributed by atoms with Crippen molar-refractivity contribution in [1.29, 1.82) is 0 Å². The second-order valence-corrected chi connectivity index (χ2v) is 3.81. The van der Waals surface area contributed by atoms with Crippen molar-refractivity contribution in [2.45, 2.75) is 13.0 Å². The molecule has 0 aliphatic carbocycles. The van der Waals surface area contributed by atoms with E-state index < -0.39 is 0 Å². The average molecular weight is 277 g/mol. The van der Waals surface area contributed by atoms with E-state index in [1.165, 1.54) is 6.07 Å². The lowest BCUT2D eigenvalue weighted by atomic mass is 10.1. The van der Waals surface area contributed by atoms with Gasteiger partial charge in [-0.25, -0.2) is 4.39 Å². The monoisotopic (exact) mass is 276 g/mol. The van der Waals surface area contributed by atoms with Gasteiger partial charge in [-0.15, -0.1) is 0 Å². The Balaban J connectivity index is 2.86. The van der Waals surface area contributed by atoms with Crippen molar-refractivity contribution in [3.63, 3.8) is 0 Å². The number of rotatable bonds is 5. The molecule has 3 N–H and O–H groups in total. The molecule has 0 spiro atoms. The van der Waals surface area contributed by atoms with Gasteiger partial charge in [-0.1, -0.05) is 12.1 Å². The van der Waals surface area contributed by atoms with Crippen LogP contribution in [0, 0.1) is 5.82 Å². The zero-order valence-electron chi connectivity index (χ0n) is 8.47. The maximum absolute atomic E-state index is 13.2. The molecule has 0 fully saturated rings. The molecule has 0 saturated heterocycles. The highest BCUT2D eigenvalue weighted by molar-refractivity contribution is 9.10. The minimum absolute atomic E-state index is 0.213. The minimum Gasteiger partial charge on any atom is -0.380 e. The summed E-state index contributed by atoms with van der Waals surface area (Å²) in [5.74, 6) is 5.09. The Labute approximate surface area is 96.9 Å². The van der Waals surface area contributed by atoms with Gasteiger partial charge in [0.15, 0.2) is 0 Å². The number of hydrogen-bond donors (Lipinski definition) is 2. The van der Waals surface area contributed by atoms with Crippen molar-refractivity contribution in [3.8, 4) is 0 Å². The first-order valence-corrected chi connectivity index (χ1v) is 5.47. The van der Waals surface area contributed by atoms with Crippen LogP contribution < -0.4 is 11.3 Å². The first-order valence-electron chi connectivity index (χ1n) is 4.68. The fourth-order valence-electron chi connectivity index (χ4n) is 1.25. The number of benzene rings is 1. The lowest BCUT2D eigenvalue weighted by Crippen LogP contribution is -2.31. The van der Waals surface area contributed by atoms with Crippen LogP contribution in [-0.2, 0) is 4.74 Å². The second kappa shape index (κ2) is 6.17. The summed E-state index contributed by atoms with van der Waals surface area (Å²) in [6.45, 7) is 2.91. The predicted octanol–water partition coefficient (Wildman–Crippen LogP) is 2.13. The maximum atomic E-state index is 13.2. The molecule has 3 nitrogen and oxygen atoms in total. The topological polar surface area (TPSA) is 47.3 Å². The molecule has 0 heterocycles. The summed E-state index contributed by atoms with van der Waals surface area (Å²) >= 11 is 3.19. The van der Waals surface area contributed by atoms with Crippen LogP contribution in [0.4, 0.5) is 4.39 Å². The zero-order chi connectivity index (χ0) is 11.3. The molecule has 0 aliphatic heterocycles. The zero-order valence-corrected chi connectivity index (χ0v) is 10.1. The van der Waals surface area contributed by atoms with Gasteiger partial charge in [0.05, 0.1) is 17.1 Å². The maximum Gasteiger partial charge on any atom is 0.137 e. The molecular formula is C10H14BrFN2O. The van der Waals surface area contributed by atoms with Gasteiger partial charge in [-0.3, -0.25) is 11.3 Å². The van der Waals surface area contributed by atoms with E-state index in [9.17, 15) is 4.39 Å². The SMILES string of the molecule is CCOCC(NN)c1cccc(F)c1Br. The van der Waals surface area contributed by atoms with E-state index in [4.69, 9.17) is 10.6 Å². The molecule has 1 atom stereocenters. The van der Waals surface area contributed by atoms with Gasteiger partial charge >= 0.3 is 0 Å². The lowest BCUT2D eigenvalue weighted by Gasteiger charge is -2.17. The summed E-state index contributed by atoms with van der Waals surface area (Å²) in [7, 11) is 0. The molecule has 0 amide bonds. The Hall–Kier alpha value is -0.490. The van der Waals surface area contributed by atoms with Gasteiger partial charge in [0.2, 0.25) is 0 Å². The second-order valence-electron chi connectivity index (χ2n) is 3.02.